The minimum atomic E-state index is -0.205. The second-order valence-corrected chi connectivity index (χ2v) is 6.83. The van der Waals surface area contributed by atoms with Crippen LogP contribution >= 0.6 is 0 Å². The third kappa shape index (κ3) is 4.04. The topological polar surface area (TPSA) is 55.6 Å². The van der Waals surface area contributed by atoms with E-state index in [4.69, 9.17) is 4.74 Å². The summed E-state index contributed by atoms with van der Waals surface area (Å²) >= 11 is 0. The maximum atomic E-state index is 12.2. The molecule has 4 aromatic rings. The molecule has 28 heavy (non-hydrogen) atoms. The van der Waals surface area contributed by atoms with E-state index < -0.39 is 0 Å². The van der Waals surface area contributed by atoms with Crippen LogP contribution in [0.1, 0.15) is 11.1 Å². The SMILES string of the molecule is Cc1ccc(OCC(=O)Nc2cccc(-c3cn4cc(C)ccc4n3)c2)cc1. The fourth-order valence-electron chi connectivity index (χ4n) is 2.98. The van der Waals surface area contributed by atoms with Gasteiger partial charge in [0.15, 0.2) is 6.61 Å². The first-order valence-corrected chi connectivity index (χ1v) is 9.12. The Morgan fingerprint density at radius 3 is 2.61 bits per heavy atom. The summed E-state index contributed by atoms with van der Waals surface area (Å²) in [6.07, 6.45) is 4.03. The molecule has 0 radical (unpaired) electrons. The monoisotopic (exact) mass is 371 g/mol. The van der Waals surface area contributed by atoms with E-state index in [1.165, 1.54) is 5.56 Å². The van der Waals surface area contributed by atoms with Crippen molar-refractivity contribution in [2.45, 2.75) is 13.8 Å². The molecule has 0 bridgehead atoms. The summed E-state index contributed by atoms with van der Waals surface area (Å²) in [6.45, 7) is 4.02. The zero-order valence-corrected chi connectivity index (χ0v) is 15.8. The quantitative estimate of drug-likeness (QED) is 0.556. The van der Waals surface area contributed by atoms with Gasteiger partial charge in [-0.2, -0.15) is 0 Å². The van der Waals surface area contributed by atoms with Crippen molar-refractivity contribution in [1.82, 2.24) is 9.38 Å². The summed E-state index contributed by atoms with van der Waals surface area (Å²) in [7, 11) is 0. The number of nitrogens with one attached hydrogen (secondary N) is 1. The molecule has 0 atom stereocenters. The van der Waals surface area contributed by atoms with Crippen LogP contribution in [0.3, 0.4) is 0 Å². The number of ether oxygens (including phenoxy) is 1. The summed E-state index contributed by atoms with van der Waals surface area (Å²) in [6, 6.07) is 19.3. The Bertz CT molecular complexity index is 1130. The summed E-state index contributed by atoms with van der Waals surface area (Å²) < 4.78 is 7.54. The Kier molecular flexibility index (Phi) is 4.81. The first-order valence-electron chi connectivity index (χ1n) is 9.12. The van der Waals surface area contributed by atoms with Crippen molar-refractivity contribution in [2.75, 3.05) is 11.9 Å². The van der Waals surface area contributed by atoms with Gasteiger partial charge in [0.1, 0.15) is 11.4 Å². The third-order valence-corrected chi connectivity index (χ3v) is 4.43. The van der Waals surface area contributed by atoms with Gasteiger partial charge < -0.3 is 14.5 Å². The van der Waals surface area contributed by atoms with Gasteiger partial charge in [-0.3, -0.25) is 4.79 Å². The number of hydrogen-bond donors (Lipinski definition) is 1. The van der Waals surface area contributed by atoms with E-state index in [1.807, 2.05) is 91.3 Å². The maximum Gasteiger partial charge on any atom is 0.262 e. The van der Waals surface area contributed by atoms with Gasteiger partial charge in [0, 0.05) is 23.6 Å². The van der Waals surface area contributed by atoms with Crippen LogP contribution in [-0.2, 0) is 4.79 Å². The lowest BCUT2D eigenvalue weighted by Crippen LogP contribution is -2.20. The number of rotatable bonds is 5. The minimum absolute atomic E-state index is 0.0407. The number of hydrogen-bond acceptors (Lipinski definition) is 3. The average Bonchev–Trinajstić information content (AvgIpc) is 3.11. The van der Waals surface area contributed by atoms with Gasteiger partial charge in [-0.25, -0.2) is 4.98 Å². The van der Waals surface area contributed by atoms with Crippen LogP contribution in [-0.4, -0.2) is 21.9 Å². The molecule has 2 aromatic carbocycles. The summed E-state index contributed by atoms with van der Waals surface area (Å²) in [5.41, 5.74) is 5.72. The molecule has 2 heterocycles. The zero-order chi connectivity index (χ0) is 19.5. The smallest absolute Gasteiger partial charge is 0.262 e. The molecular formula is C23H21N3O2. The van der Waals surface area contributed by atoms with Gasteiger partial charge in [-0.1, -0.05) is 35.9 Å². The lowest BCUT2D eigenvalue weighted by Gasteiger charge is -2.08. The Balaban J connectivity index is 1.45. The van der Waals surface area contributed by atoms with Crippen LogP contribution in [0.25, 0.3) is 16.9 Å². The molecule has 140 valence electrons. The number of fused-ring (bicyclic) bond motifs is 1. The number of imidazole rings is 1. The number of amides is 1. The van der Waals surface area contributed by atoms with Gasteiger partial charge in [0.25, 0.3) is 5.91 Å². The van der Waals surface area contributed by atoms with E-state index in [0.29, 0.717) is 11.4 Å². The Morgan fingerprint density at radius 1 is 1.00 bits per heavy atom. The number of aromatic nitrogens is 2. The number of aryl methyl sites for hydroxylation is 2. The molecule has 0 saturated heterocycles. The molecule has 2 aromatic heterocycles. The van der Waals surface area contributed by atoms with Gasteiger partial charge in [-0.15, -0.1) is 0 Å². The second kappa shape index (κ2) is 7.56. The largest absolute Gasteiger partial charge is 0.484 e. The fraction of sp³-hybridized carbons (Fsp3) is 0.130. The highest BCUT2D eigenvalue weighted by molar-refractivity contribution is 5.92. The highest BCUT2D eigenvalue weighted by atomic mass is 16.5. The van der Waals surface area contributed by atoms with E-state index in [1.54, 1.807) is 0 Å². The predicted molar refractivity (Wildman–Crippen MR) is 111 cm³/mol. The van der Waals surface area contributed by atoms with Crippen molar-refractivity contribution < 1.29 is 9.53 Å². The minimum Gasteiger partial charge on any atom is -0.484 e. The van der Waals surface area contributed by atoms with Crippen LogP contribution in [0.4, 0.5) is 5.69 Å². The lowest BCUT2D eigenvalue weighted by molar-refractivity contribution is -0.118. The van der Waals surface area contributed by atoms with E-state index in [2.05, 4.69) is 10.3 Å². The molecule has 0 saturated carbocycles. The number of carbonyl (C=O) groups is 1. The second-order valence-electron chi connectivity index (χ2n) is 6.83. The van der Waals surface area contributed by atoms with Crippen molar-refractivity contribution >= 4 is 17.2 Å². The zero-order valence-electron chi connectivity index (χ0n) is 15.8. The van der Waals surface area contributed by atoms with Gasteiger partial charge in [-0.05, 0) is 49.7 Å². The van der Waals surface area contributed by atoms with Crippen molar-refractivity contribution in [1.29, 1.82) is 0 Å². The molecule has 1 amide bonds. The fourth-order valence-corrected chi connectivity index (χ4v) is 2.98. The maximum absolute atomic E-state index is 12.2. The molecule has 0 aliphatic heterocycles. The lowest BCUT2D eigenvalue weighted by atomic mass is 10.1. The van der Waals surface area contributed by atoms with E-state index in [9.17, 15) is 4.79 Å². The normalized spacial score (nSPS) is 10.8. The van der Waals surface area contributed by atoms with E-state index in [-0.39, 0.29) is 12.5 Å². The molecule has 0 aliphatic carbocycles. The van der Waals surface area contributed by atoms with Gasteiger partial charge in [0.05, 0.1) is 5.69 Å². The number of anilines is 1. The van der Waals surface area contributed by atoms with E-state index >= 15 is 0 Å². The first kappa shape index (κ1) is 17.8. The van der Waals surface area contributed by atoms with Crippen molar-refractivity contribution in [3.8, 4) is 17.0 Å². The van der Waals surface area contributed by atoms with Crippen molar-refractivity contribution in [2.24, 2.45) is 0 Å². The predicted octanol–water partition coefficient (Wildman–Crippen LogP) is 4.64. The van der Waals surface area contributed by atoms with Crippen molar-refractivity contribution in [3.63, 3.8) is 0 Å². The number of benzene rings is 2. The van der Waals surface area contributed by atoms with Crippen LogP contribution in [0.2, 0.25) is 0 Å². The first-order chi connectivity index (χ1) is 13.6. The Morgan fingerprint density at radius 2 is 1.79 bits per heavy atom. The molecule has 0 aliphatic rings. The summed E-state index contributed by atoms with van der Waals surface area (Å²) in [5, 5.41) is 2.88. The standard InChI is InChI=1S/C23H21N3O2/c1-16-6-9-20(10-7-16)28-15-23(27)24-19-5-3-4-18(12-19)21-14-26-13-17(2)8-11-22(26)25-21/h3-14H,15H2,1-2H3,(H,24,27). The molecule has 5 heteroatoms. The molecule has 5 nitrogen and oxygen atoms in total. The van der Waals surface area contributed by atoms with Crippen LogP contribution in [0.15, 0.2) is 73.1 Å². The number of pyridine rings is 1. The van der Waals surface area contributed by atoms with Crippen LogP contribution in [0, 0.1) is 13.8 Å². The molecule has 0 spiro atoms. The van der Waals surface area contributed by atoms with Crippen molar-refractivity contribution in [3.05, 3.63) is 84.2 Å². The summed E-state index contributed by atoms with van der Waals surface area (Å²) in [4.78, 5) is 16.9. The average molecular weight is 371 g/mol. The molecule has 0 unspecified atom stereocenters. The number of nitrogens with zero attached hydrogens (tertiary/aromatic N) is 2. The Labute approximate surface area is 163 Å². The highest BCUT2D eigenvalue weighted by Crippen LogP contribution is 2.23. The van der Waals surface area contributed by atoms with Crippen LogP contribution < -0.4 is 10.1 Å². The van der Waals surface area contributed by atoms with E-state index in [0.717, 1.165) is 22.5 Å². The molecule has 1 N–H and O–H groups in total. The third-order valence-electron chi connectivity index (χ3n) is 4.43. The highest BCUT2D eigenvalue weighted by Gasteiger charge is 2.08. The summed E-state index contributed by atoms with van der Waals surface area (Å²) in [5.74, 6) is 0.470. The Hall–Kier alpha value is -3.60. The molecular weight excluding hydrogens is 350 g/mol. The van der Waals surface area contributed by atoms with Crippen LogP contribution in [0.5, 0.6) is 5.75 Å². The number of carbonyl (C=O) groups excluding carboxylic acids is 1. The van der Waals surface area contributed by atoms with Gasteiger partial charge in [0.2, 0.25) is 0 Å². The van der Waals surface area contributed by atoms with Gasteiger partial charge >= 0.3 is 0 Å². The molecule has 4 rings (SSSR count). The molecule has 0 fully saturated rings.